The second-order valence-corrected chi connectivity index (χ2v) is 6.97. The van der Waals surface area contributed by atoms with Crippen LogP contribution < -0.4 is 16.4 Å². The van der Waals surface area contributed by atoms with Crippen molar-refractivity contribution in [2.75, 3.05) is 25.4 Å². The number of esters is 1. The summed E-state index contributed by atoms with van der Waals surface area (Å²) in [6.45, 7) is 1.94. The number of ether oxygens (including phenoxy) is 1. The highest BCUT2D eigenvalue weighted by Crippen LogP contribution is 2.41. The van der Waals surface area contributed by atoms with Gasteiger partial charge in [0.1, 0.15) is 11.9 Å². The minimum absolute atomic E-state index is 0.137. The van der Waals surface area contributed by atoms with Crippen molar-refractivity contribution in [3.05, 3.63) is 22.3 Å². The molecule has 0 aromatic carbocycles. The summed E-state index contributed by atoms with van der Waals surface area (Å²) >= 11 is 3.26. The van der Waals surface area contributed by atoms with Crippen molar-refractivity contribution < 1.29 is 14.3 Å². The third-order valence-electron chi connectivity index (χ3n) is 4.51. The summed E-state index contributed by atoms with van der Waals surface area (Å²) in [5, 5.41) is 6.03. The largest absolute Gasteiger partial charge is 0.460 e. The number of amides is 1. The Bertz CT molecular complexity index is 631. The maximum Gasteiger partial charge on any atom is 0.312 e. The van der Waals surface area contributed by atoms with Crippen LogP contribution in [0.5, 0.6) is 0 Å². The van der Waals surface area contributed by atoms with Crippen molar-refractivity contribution in [1.29, 1.82) is 0 Å². The molecule has 1 spiro atoms. The Morgan fingerprint density at radius 2 is 2.26 bits per heavy atom. The molecule has 7 nitrogen and oxygen atoms in total. The van der Waals surface area contributed by atoms with Crippen LogP contribution in [0, 0.1) is 5.41 Å². The predicted octanol–water partition coefficient (Wildman–Crippen LogP) is 0.841. The summed E-state index contributed by atoms with van der Waals surface area (Å²) in [7, 11) is 0. The highest BCUT2D eigenvalue weighted by atomic mass is 79.9. The topological polar surface area (TPSA) is 106 Å². The van der Waals surface area contributed by atoms with Gasteiger partial charge in [0.15, 0.2) is 0 Å². The second kappa shape index (κ2) is 6.45. The summed E-state index contributed by atoms with van der Waals surface area (Å²) in [5.41, 5.74) is 5.65. The summed E-state index contributed by atoms with van der Waals surface area (Å²) in [6.07, 6.45) is 3.48. The van der Waals surface area contributed by atoms with E-state index in [1.807, 2.05) is 0 Å². The zero-order valence-electron chi connectivity index (χ0n) is 12.6. The zero-order valence-corrected chi connectivity index (χ0v) is 14.2. The van der Waals surface area contributed by atoms with E-state index in [1.54, 1.807) is 6.07 Å². The fourth-order valence-corrected chi connectivity index (χ4v) is 3.53. The maximum atomic E-state index is 12.2. The van der Waals surface area contributed by atoms with Crippen LogP contribution in [0.1, 0.15) is 29.6 Å². The summed E-state index contributed by atoms with van der Waals surface area (Å²) in [4.78, 5) is 28.3. The van der Waals surface area contributed by atoms with Gasteiger partial charge in [-0.2, -0.15) is 0 Å². The first-order chi connectivity index (χ1) is 11.0. The molecule has 2 fully saturated rings. The molecule has 0 aliphatic carbocycles. The van der Waals surface area contributed by atoms with Crippen molar-refractivity contribution in [3.63, 3.8) is 0 Å². The monoisotopic (exact) mass is 382 g/mol. The number of aromatic nitrogens is 1. The fraction of sp³-hybridized carbons (Fsp3) is 0.533. The van der Waals surface area contributed by atoms with E-state index >= 15 is 0 Å². The number of anilines is 1. The highest BCUT2D eigenvalue weighted by Gasteiger charge is 2.49. The van der Waals surface area contributed by atoms with E-state index in [9.17, 15) is 9.59 Å². The van der Waals surface area contributed by atoms with Gasteiger partial charge in [0, 0.05) is 17.1 Å². The van der Waals surface area contributed by atoms with E-state index in [4.69, 9.17) is 10.5 Å². The molecule has 4 N–H and O–H groups in total. The Morgan fingerprint density at radius 1 is 1.52 bits per heavy atom. The first kappa shape index (κ1) is 16.2. The Labute approximate surface area is 142 Å². The lowest BCUT2D eigenvalue weighted by Crippen LogP contribution is -2.39. The van der Waals surface area contributed by atoms with Gasteiger partial charge in [-0.3, -0.25) is 9.59 Å². The Kier molecular flexibility index (Phi) is 4.54. The minimum atomic E-state index is -0.378. The number of nitrogens with zero attached hydrogens (tertiary/aromatic N) is 1. The van der Waals surface area contributed by atoms with Crippen LogP contribution in [0.4, 0.5) is 5.82 Å². The quantitative estimate of drug-likeness (QED) is 0.668. The number of pyridine rings is 1. The standard InChI is InChI=1S/C15H19BrN4O3/c16-9-5-11(12(17)19-7-9)13(21)20-8-10-6-15(14(22)23-10)1-3-18-4-2-15/h5,7,10,18H,1-4,6,8H2,(H2,17,19)(H,20,21). The SMILES string of the molecule is Nc1ncc(Br)cc1C(=O)NCC1CC2(CCNCC2)C(=O)O1. The Balaban J connectivity index is 1.60. The van der Waals surface area contributed by atoms with E-state index in [0.717, 1.165) is 25.9 Å². The fourth-order valence-electron chi connectivity index (χ4n) is 3.20. The third-order valence-corrected chi connectivity index (χ3v) is 4.94. The van der Waals surface area contributed by atoms with Gasteiger partial charge < -0.3 is 21.1 Å². The van der Waals surface area contributed by atoms with Crippen molar-refractivity contribution in [2.24, 2.45) is 5.41 Å². The van der Waals surface area contributed by atoms with E-state index < -0.39 is 0 Å². The van der Waals surface area contributed by atoms with E-state index in [1.165, 1.54) is 6.20 Å². The lowest BCUT2D eigenvalue weighted by molar-refractivity contribution is -0.149. The van der Waals surface area contributed by atoms with Crippen LogP contribution >= 0.6 is 15.9 Å². The van der Waals surface area contributed by atoms with Gasteiger partial charge in [-0.25, -0.2) is 4.98 Å². The van der Waals surface area contributed by atoms with E-state index in [0.29, 0.717) is 16.5 Å². The molecule has 3 heterocycles. The number of rotatable bonds is 3. The number of carbonyl (C=O) groups is 2. The summed E-state index contributed by atoms with van der Waals surface area (Å²) in [6, 6.07) is 1.62. The van der Waals surface area contributed by atoms with Crippen LogP contribution in [0.15, 0.2) is 16.7 Å². The average Bonchev–Trinajstić information content (AvgIpc) is 2.84. The molecule has 2 saturated heterocycles. The average molecular weight is 383 g/mol. The van der Waals surface area contributed by atoms with Crippen molar-refractivity contribution >= 4 is 33.6 Å². The van der Waals surface area contributed by atoms with Crippen LogP contribution in [0.3, 0.4) is 0 Å². The van der Waals surface area contributed by atoms with Gasteiger partial charge in [0.25, 0.3) is 5.91 Å². The molecule has 2 aliphatic heterocycles. The van der Waals surface area contributed by atoms with Crippen LogP contribution in [-0.4, -0.2) is 42.6 Å². The molecule has 1 unspecified atom stereocenters. The molecular weight excluding hydrogens is 364 g/mol. The van der Waals surface area contributed by atoms with Gasteiger partial charge in [-0.1, -0.05) is 0 Å². The van der Waals surface area contributed by atoms with Crippen molar-refractivity contribution in [3.8, 4) is 0 Å². The molecule has 1 aromatic rings. The summed E-state index contributed by atoms with van der Waals surface area (Å²) < 4.78 is 6.14. The Morgan fingerprint density at radius 3 is 3.00 bits per heavy atom. The van der Waals surface area contributed by atoms with Gasteiger partial charge in [-0.15, -0.1) is 0 Å². The molecule has 0 saturated carbocycles. The number of hydrogen-bond donors (Lipinski definition) is 3. The van der Waals surface area contributed by atoms with Crippen molar-refractivity contribution in [1.82, 2.24) is 15.6 Å². The van der Waals surface area contributed by atoms with Crippen LogP contribution in [0.25, 0.3) is 0 Å². The van der Waals surface area contributed by atoms with Gasteiger partial charge in [0.2, 0.25) is 0 Å². The number of nitrogens with two attached hydrogens (primary N) is 1. The van der Waals surface area contributed by atoms with E-state index in [-0.39, 0.29) is 35.8 Å². The molecule has 3 rings (SSSR count). The normalized spacial score (nSPS) is 22.8. The van der Waals surface area contributed by atoms with Gasteiger partial charge >= 0.3 is 5.97 Å². The number of piperidine rings is 1. The first-order valence-corrected chi connectivity index (χ1v) is 8.40. The van der Waals surface area contributed by atoms with Crippen molar-refractivity contribution in [2.45, 2.75) is 25.4 Å². The predicted molar refractivity (Wildman–Crippen MR) is 87.7 cm³/mol. The molecule has 0 bridgehead atoms. The molecular formula is C15H19BrN4O3. The number of hydrogen-bond acceptors (Lipinski definition) is 6. The molecule has 8 heteroatoms. The third kappa shape index (κ3) is 3.32. The van der Waals surface area contributed by atoms with Gasteiger partial charge in [0.05, 0.1) is 17.5 Å². The summed E-state index contributed by atoms with van der Waals surface area (Å²) in [5.74, 6) is -0.288. The molecule has 1 aromatic heterocycles. The molecule has 124 valence electrons. The van der Waals surface area contributed by atoms with Crippen LogP contribution in [0.2, 0.25) is 0 Å². The Hall–Kier alpha value is -1.67. The molecule has 0 radical (unpaired) electrons. The van der Waals surface area contributed by atoms with E-state index in [2.05, 4.69) is 31.5 Å². The van der Waals surface area contributed by atoms with Gasteiger partial charge in [-0.05, 0) is 47.9 Å². The van der Waals surface area contributed by atoms with Crippen LogP contribution in [-0.2, 0) is 9.53 Å². The lowest BCUT2D eigenvalue weighted by atomic mass is 9.76. The highest BCUT2D eigenvalue weighted by molar-refractivity contribution is 9.10. The smallest absolute Gasteiger partial charge is 0.312 e. The number of nitrogens with one attached hydrogen (secondary N) is 2. The number of carbonyl (C=O) groups excluding carboxylic acids is 2. The molecule has 1 amide bonds. The number of nitrogen functional groups attached to an aromatic ring is 1. The molecule has 1 atom stereocenters. The lowest BCUT2D eigenvalue weighted by Gasteiger charge is -2.29. The zero-order chi connectivity index (χ0) is 16.4. The number of halogens is 1. The maximum absolute atomic E-state index is 12.2. The number of cyclic esters (lactones) is 1. The minimum Gasteiger partial charge on any atom is -0.460 e. The molecule has 2 aliphatic rings. The first-order valence-electron chi connectivity index (χ1n) is 7.61. The molecule has 23 heavy (non-hydrogen) atoms. The second-order valence-electron chi connectivity index (χ2n) is 6.06.